The van der Waals surface area contributed by atoms with E-state index in [0.29, 0.717) is 0 Å². The minimum Gasteiger partial charge on any atom is -0.455 e. The molecular formula is C51H38N4OS. The molecular weight excluding hydrogens is 717 g/mol. The topological polar surface area (TPSA) is 54.2 Å². The summed E-state index contributed by atoms with van der Waals surface area (Å²) in [5.74, 6) is 0.270. The maximum Gasteiger partial charge on any atom is 0.143 e. The van der Waals surface area contributed by atoms with Crippen LogP contribution in [-0.2, 0) is 0 Å². The van der Waals surface area contributed by atoms with Crippen LogP contribution in [0.25, 0.3) is 60.6 Å². The lowest BCUT2D eigenvalue weighted by molar-refractivity contribution is 0.203. The van der Waals surface area contributed by atoms with Crippen molar-refractivity contribution < 1.29 is 4.42 Å². The first-order valence-corrected chi connectivity index (χ1v) is 20.6. The summed E-state index contributed by atoms with van der Waals surface area (Å²) in [7, 11) is 0. The molecule has 0 saturated carbocycles. The van der Waals surface area contributed by atoms with E-state index in [2.05, 4.69) is 203 Å². The average Bonchev–Trinajstić information content (AvgIpc) is 3.96. The second kappa shape index (κ2) is 13.2. The number of hydrogen-bond donors (Lipinski definition) is 3. The van der Waals surface area contributed by atoms with Crippen LogP contribution >= 0.6 is 11.8 Å². The molecule has 4 unspecified atom stereocenters. The van der Waals surface area contributed by atoms with E-state index in [9.17, 15) is 0 Å². The molecule has 2 aliphatic heterocycles. The van der Waals surface area contributed by atoms with E-state index in [1.54, 1.807) is 0 Å². The molecule has 7 aromatic carbocycles. The Morgan fingerprint density at radius 3 is 1.81 bits per heavy atom. The van der Waals surface area contributed by atoms with Crippen LogP contribution < -0.4 is 16.0 Å². The third-order valence-corrected chi connectivity index (χ3v) is 13.6. The molecule has 6 heteroatoms. The third kappa shape index (κ3) is 5.29. The standard InChI is InChI=1S/C51H38N4OS/c1-3-14-31(15-4-1)49-52-50(32-16-5-2-6-17-32)54-51(53-49)33-28-29-36-37-20-11-21-38(46(37)56-45(36)30-33)39-22-12-23-40-41-24-13-27-44(48(41)57-47(39)40)55-42-25-9-7-18-34(42)35-19-8-10-26-43(35)55/h1-30,41,48-54H. The molecule has 1 saturated heterocycles. The Hall–Kier alpha value is -6.15. The van der Waals surface area contributed by atoms with Gasteiger partial charge in [-0.2, -0.15) is 0 Å². The number of thioether (sulfide) groups is 1. The van der Waals surface area contributed by atoms with Gasteiger partial charge < -0.3 is 8.98 Å². The second-order valence-corrected chi connectivity index (χ2v) is 16.4. The van der Waals surface area contributed by atoms with Gasteiger partial charge in [0.25, 0.3) is 0 Å². The Balaban J connectivity index is 0.923. The van der Waals surface area contributed by atoms with Crippen LogP contribution in [0.15, 0.2) is 191 Å². The van der Waals surface area contributed by atoms with Gasteiger partial charge in [-0.25, -0.2) is 0 Å². The van der Waals surface area contributed by atoms with Gasteiger partial charge in [0.1, 0.15) is 11.2 Å². The summed E-state index contributed by atoms with van der Waals surface area (Å²) in [6.45, 7) is 0. The van der Waals surface area contributed by atoms with Gasteiger partial charge in [0, 0.05) is 43.6 Å². The molecule has 0 spiro atoms. The van der Waals surface area contributed by atoms with Crippen molar-refractivity contribution in [2.75, 3.05) is 0 Å². The van der Waals surface area contributed by atoms with Gasteiger partial charge in [-0.1, -0.05) is 158 Å². The molecule has 9 aromatic rings. The molecule has 274 valence electrons. The number of fused-ring (bicyclic) bond motifs is 9. The predicted octanol–water partition coefficient (Wildman–Crippen LogP) is 12.2. The van der Waals surface area contributed by atoms with Crippen molar-refractivity contribution in [1.29, 1.82) is 0 Å². The largest absolute Gasteiger partial charge is 0.455 e. The van der Waals surface area contributed by atoms with Gasteiger partial charge in [0.15, 0.2) is 0 Å². The number of rotatable bonds is 5. The van der Waals surface area contributed by atoms with E-state index in [-0.39, 0.29) is 29.7 Å². The zero-order valence-corrected chi connectivity index (χ0v) is 31.8. The molecule has 1 fully saturated rings. The summed E-state index contributed by atoms with van der Waals surface area (Å²) in [6, 6.07) is 58.9. The maximum absolute atomic E-state index is 6.94. The first-order valence-electron chi connectivity index (χ1n) is 19.8. The number of nitrogens with zero attached hydrogens (tertiary/aromatic N) is 1. The first kappa shape index (κ1) is 33.0. The molecule has 12 rings (SSSR count). The number of nitrogens with one attached hydrogen (secondary N) is 3. The van der Waals surface area contributed by atoms with Gasteiger partial charge in [-0.3, -0.25) is 16.0 Å². The lowest BCUT2D eigenvalue weighted by Gasteiger charge is -2.39. The highest BCUT2D eigenvalue weighted by atomic mass is 32.2. The molecule has 0 amide bonds. The van der Waals surface area contributed by atoms with E-state index in [0.717, 1.165) is 33.1 Å². The monoisotopic (exact) mass is 754 g/mol. The van der Waals surface area contributed by atoms with Gasteiger partial charge in [0.2, 0.25) is 0 Å². The molecule has 4 heterocycles. The van der Waals surface area contributed by atoms with Crippen molar-refractivity contribution in [3.8, 4) is 11.1 Å². The van der Waals surface area contributed by atoms with E-state index in [4.69, 9.17) is 4.42 Å². The van der Waals surface area contributed by atoms with E-state index < -0.39 is 0 Å². The molecule has 2 aromatic heterocycles. The van der Waals surface area contributed by atoms with Crippen molar-refractivity contribution in [3.05, 3.63) is 204 Å². The summed E-state index contributed by atoms with van der Waals surface area (Å²) in [6.07, 6.45) is 6.79. The Morgan fingerprint density at radius 2 is 1.11 bits per heavy atom. The fourth-order valence-electron chi connectivity index (χ4n) is 9.46. The smallest absolute Gasteiger partial charge is 0.143 e. The number of allylic oxidation sites excluding steroid dienone is 3. The van der Waals surface area contributed by atoms with E-state index in [1.165, 1.54) is 54.7 Å². The minimum atomic E-state index is -0.110. The first-order chi connectivity index (χ1) is 28.3. The van der Waals surface area contributed by atoms with Gasteiger partial charge >= 0.3 is 0 Å². The van der Waals surface area contributed by atoms with Gasteiger partial charge in [-0.15, -0.1) is 11.8 Å². The molecule has 3 N–H and O–H groups in total. The molecule has 3 aliphatic rings. The zero-order chi connectivity index (χ0) is 37.5. The summed E-state index contributed by atoms with van der Waals surface area (Å²) >= 11 is 1.99. The normalized spacial score (nSPS) is 21.6. The lowest BCUT2D eigenvalue weighted by atomic mass is 9.88. The second-order valence-electron chi connectivity index (χ2n) is 15.3. The van der Waals surface area contributed by atoms with Crippen LogP contribution in [0.4, 0.5) is 0 Å². The highest BCUT2D eigenvalue weighted by Gasteiger charge is 2.39. The zero-order valence-electron chi connectivity index (χ0n) is 31.0. The molecule has 0 radical (unpaired) electrons. The number of benzene rings is 7. The molecule has 0 bridgehead atoms. The number of para-hydroxylation sites is 3. The maximum atomic E-state index is 6.94. The predicted molar refractivity (Wildman–Crippen MR) is 235 cm³/mol. The van der Waals surface area contributed by atoms with Gasteiger partial charge in [0.05, 0.1) is 34.8 Å². The third-order valence-electron chi connectivity index (χ3n) is 12.1. The van der Waals surface area contributed by atoms with Crippen molar-refractivity contribution in [3.63, 3.8) is 0 Å². The number of furan rings is 1. The van der Waals surface area contributed by atoms with Gasteiger partial charge in [-0.05, 0) is 52.1 Å². The van der Waals surface area contributed by atoms with E-state index in [1.807, 2.05) is 11.8 Å². The summed E-state index contributed by atoms with van der Waals surface area (Å²) in [5.41, 5.74) is 12.9. The fourth-order valence-corrected chi connectivity index (χ4v) is 11.1. The number of aromatic nitrogens is 1. The average molecular weight is 755 g/mol. The quantitative estimate of drug-likeness (QED) is 0.163. The molecule has 5 nitrogen and oxygen atoms in total. The van der Waals surface area contributed by atoms with Crippen LogP contribution in [0.5, 0.6) is 0 Å². The van der Waals surface area contributed by atoms with Crippen LogP contribution in [0.1, 0.15) is 46.7 Å². The summed E-state index contributed by atoms with van der Waals surface area (Å²) in [4.78, 5) is 1.33. The fraction of sp³-hybridized carbons (Fsp3) is 0.0980. The van der Waals surface area contributed by atoms with Crippen LogP contribution in [-0.4, -0.2) is 9.82 Å². The van der Waals surface area contributed by atoms with E-state index >= 15 is 0 Å². The Labute approximate surface area is 334 Å². The van der Waals surface area contributed by atoms with Crippen LogP contribution in [0.2, 0.25) is 0 Å². The summed E-state index contributed by atoms with van der Waals surface area (Å²) < 4.78 is 9.44. The number of hydrogen-bond acceptors (Lipinski definition) is 5. The Bertz CT molecular complexity index is 2970. The SMILES string of the molecule is C1=CC2c3cccc(-c4cccc5c4oc4cc(C6NC(c7ccccc7)NC(c7ccccc7)N6)ccc45)c3SC2C(n2c3ccccc3c3ccccc32)=C1. The summed E-state index contributed by atoms with van der Waals surface area (Å²) in [5, 5.41) is 16.5. The van der Waals surface area contributed by atoms with Crippen molar-refractivity contribution >= 4 is 61.2 Å². The van der Waals surface area contributed by atoms with Crippen molar-refractivity contribution in [2.24, 2.45) is 0 Å². The minimum absolute atomic E-state index is 0.0397. The Kier molecular flexibility index (Phi) is 7.66. The van der Waals surface area contributed by atoms with Crippen molar-refractivity contribution in [2.45, 2.75) is 34.6 Å². The molecule has 4 atom stereocenters. The highest BCUT2D eigenvalue weighted by Crippen LogP contribution is 2.56. The Morgan fingerprint density at radius 1 is 0.509 bits per heavy atom. The van der Waals surface area contributed by atoms with Crippen LogP contribution in [0.3, 0.4) is 0 Å². The highest BCUT2D eigenvalue weighted by molar-refractivity contribution is 8.00. The lowest BCUT2D eigenvalue weighted by Crippen LogP contribution is -2.54. The van der Waals surface area contributed by atoms with Crippen LogP contribution in [0, 0.1) is 0 Å². The van der Waals surface area contributed by atoms with Crippen molar-refractivity contribution in [1.82, 2.24) is 20.5 Å². The molecule has 57 heavy (non-hydrogen) atoms. The molecule has 1 aliphatic carbocycles.